The molecule has 0 radical (unpaired) electrons. The maximum atomic E-state index is 12.0. The maximum Gasteiger partial charge on any atom is 0.175 e. The average molecular weight is 254 g/mol. The molecule has 0 heterocycles. The van der Waals surface area contributed by atoms with Gasteiger partial charge in [-0.3, -0.25) is 4.79 Å². The van der Waals surface area contributed by atoms with E-state index in [9.17, 15) is 4.79 Å². The van der Waals surface area contributed by atoms with Crippen LogP contribution < -0.4 is 4.74 Å². The number of rotatable bonds is 7. The molecule has 1 rings (SSSR count). The van der Waals surface area contributed by atoms with Crippen LogP contribution in [0.15, 0.2) is 24.3 Å². The summed E-state index contributed by atoms with van der Waals surface area (Å²) in [6.45, 7) is 2.60. The fourth-order valence-corrected chi connectivity index (χ4v) is 2.28. The number of hydrogen-bond acceptors (Lipinski definition) is 4. The van der Waals surface area contributed by atoms with Crippen LogP contribution in [0.3, 0.4) is 0 Å². The lowest BCUT2D eigenvalue weighted by Crippen LogP contribution is -2.14. The van der Waals surface area contributed by atoms with E-state index in [2.05, 4.69) is 0 Å². The molecule has 4 heteroatoms. The lowest BCUT2D eigenvalue weighted by atomic mass is 10.1. The minimum absolute atomic E-state index is 0.0430. The molecule has 0 fully saturated rings. The first kappa shape index (κ1) is 14.1. The lowest BCUT2D eigenvalue weighted by Gasteiger charge is -2.10. The third-order valence-corrected chi connectivity index (χ3v) is 3.52. The molecule has 0 N–H and O–H groups in total. The Bertz CT molecular complexity index is 348. The van der Waals surface area contributed by atoms with Crippen molar-refractivity contribution in [2.75, 3.05) is 26.6 Å². The van der Waals surface area contributed by atoms with Gasteiger partial charge in [-0.1, -0.05) is 0 Å². The van der Waals surface area contributed by atoms with Crippen LogP contribution in [-0.2, 0) is 4.74 Å². The first-order valence-electron chi connectivity index (χ1n) is 5.48. The molecule has 1 unspecified atom stereocenters. The van der Waals surface area contributed by atoms with Gasteiger partial charge in [0.05, 0.1) is 19.0 Å². The monoisotopic (exact) mass is 254 g/mol. The summed E-state index contributed by atoms with van der Waals surface area (Å²) in [4.78, 5) is 12.0. The molecule has 0 aliphatic heterocycles. The highest BCUT2D eigenvalue weighted by atomic mass is 32.2. The van der Waals surface area contributed by atoms with Gasteiger partial charge in [0.15, 0.2) is 5.78 Å². The van der Waals surface area contributed by atoms with Gasteiger partial charge in [0, 0.05) is 18.4 Å². The molecule has 0 aromatic heterocycles. The predicted octanol–water partition coefficient (Wildman–Crippen LogP) is 2.65. The number of ketones is 1. The second-order valence-corrected chi connectivity index (χ2v) is 5.05. The van der Waals surface area contributed by atoms with Crippen LogP contribution in [0.25, 0.3) is 0 Å². The number of carbonyl (C=O) groups is 1. The quantitative estimate of drug-likeness (QED) is 0.553. The Morgan fingerprint density at radius 2 is 1.94 bits per heavy atom. The Morgan fingerprint density at radius 3 is 2.47 bits per heavy atom. The molecule has 1 aromatic rings. The van der Waals surface area contributed by atoms with Crippen molar-refractivity contribution in [3.8, 4) is 5.75 Å². The second-order valence-electron chi connectivity index (χ2n) is 3.60. The summed E-state index contributed by atoms with van der Waals surface area (Å²) in [6.07, 6.45) is 0. The molecular formula is C13H18O3S. The number of benzene rings is 1. The van der Waals surface area contributed by atoms with Gasteiger partial charge in [0.2, 0.25) is 0 Å². The predicted molar refractivity (Wildman–Crippen MR) is 71.1 cm³/mol. The standard InChI is InChI=1S/C13H18O3S/c1-10(17-9-8-15-2)13(14)11-4-6-12(16-3)7-5-11/h4-7,10H,8-9H2,1-3H3. The molecule has 0 amide bonds. The van der Waals surface area contributed by atoms with E-state index >= 15 is 0 Å². The van der Waals surface area contributed by atoms with E-state index in [0.717, 1.165) is 17.1 Å². The largest absolute Gasteiger partial charge is 0.497 e. The van der Waals surface area contributed by atoms with Gasteiger partial charge in [-0.2, -0.15) is 0 Å². The van der Waals surface area contributed by atoms with Crippen LogP contribution >= 0.6 is 11.8 Å². The molecule has 0 aliphatic rings. The van der Waals surface area contributed by atoms with Crippen molar-refractivity contribution >= 4 is 17.5 Å². The van der Waals surface area contributed by atoms with Crippen molar-refractivity contribution in [3.05, 3.63) is 29.8 Å². The highest BCUT2D eigenvalue weighted by Crippen LogP contribution is 2.18. The molecule has 1 atom stereocenters. The second kappa shape index (κ2) is 7.35. The van der Waals surface area contributed by atoms with Crippen LogP contribution in [0.2, 0.25) is 0 Å². The Morgan fingerprint density at radius 1 is 1.29 bits per heavy atom. The van der Waals surface area contributed by atoms with E-state index in [0.29, 0.717) is 6.61 Å². The number of ether oxygens (including phenoxy) is 2. The van der Waals surface area contributed by atoms with Crippen molar-refractivity contribution in [2.45, 2.75) is 12.2 Å². The molecule has 0 bridgehead atoms. The Hall–Kier alpha value is -1.00. The summed E-state index contributed by atoms with van der Waals surface area (Å²) in [5.41, 5.74) is 0.725. The van der Waals surface area contributed by atoms with Crippen LogP contribution in [0, 0.1) is 0 Å². The zero-order chi connectivity index (χ0) is 12.7. The van der Waals surface area contributed by atoms with Crippen LogP contribution in [0.1, 0.15) is 17.3 Å². The van der Waals surface area contributed by atoms with E-state index in [1.165, 1.54) is 0 Å². The highest BCUT2D eigenvalue weighted by Gasteiger charge is 2.15. The van der Waals surface area contributed by atoms with E-state index in [1.807, 2.05) is 6.92 Å². The van der Waals surface area contributed by atoms with Crippen LogP contribution in [0.5, 0.6) is 5.75 Å². The Kier molecular flexibility index (Phi) is 6.08. The fourth-order valence-electron chi connectivity index (χ4n) is 1.37. The molecule has 17 heavy (non-hydrogen) atoms. The van der Waals surface area contributed by atoms with E-state index < -0.39 is 0 Å². The number of hydrogen-bond donors (Lipinski definition) is 0. The van der Waals surface area contributed by atoms with Crippen molar-refractivity contribution in [1.29, 1.82) is 0 Å². The Balaban J connectivity index is 2.55. The van der Waals surface area contributed by atoms with Crippen molar-refractivity contribution in [1.82, 2.24) is 0 Å². The Labute approximate surface area is 106 Å². The summed E-state index contributed by atoms with van der Waals surface area (Å²) < 4.78 is 10.0. The number of methoxy groups -OCH3 is 2. The van der Waals surface area contributed by atoms with Crippen LogP contribution in [-0.4, -0.2) is 37.6 Å². The van der Waals surface area contributed by atoms with Crippen molar-refractivity contribution in [3.63, 3.8) is 0 Å². The van der Waals surface area contributed by atoms with Crippen LogP contribution in [0.4, 0.5) is 0 Å². The summed E-state index contributed by atoms with van der Waals surface area (Å²) >= 11 is 1.61. The molecule has 3 nitrogen and oxygen atoms in total. The molecule has 0 saturated heterocycles. The first-order chi connectivity index (χ1) is 8.19. The van der Waals surface area contributed by atoms with Crippen molar-refractivity contribution < 1.29 is 14.3 Å². The van der Waals surface area contributed by atoms with E-state index in [4.69, 9.17) is 9.47 Å². The molecule has 94 valence electrons. The fraction of sp³-hybridized carbons (Fsp3) is 0.462. The lowest BCUT2D eigenvalue weighted by molar-refractivity contribution is 0.0994. The molecule has 0 aliphatic carbocycles. The zero-order valence-corrected chi connectivity index (χ0v) is 11.3. The van der Waals surface area contributed by atoms with Gasteiger partial charge < -0.3 is 9.47 Å². The topological polar surface area (TPSA) is 35.5 Å². The van der Waals surface area contributed by atoms with Gasteiger partial charge in [-0.25, -0.2) is 0 Å². The molecule has 1 aromatic carbocycles. The molecular weight excluding hydrogens is 236 g/mol. The summed E-state index contributed by atoms with van der Waals surface area (Å²) in [6, 6.07) is 7.21. The number of Topliss-reactive ketones (excluding diaryl/α,β-unsaturated/α-hetero) is 1. The SMILES string of the molecule is COCCSC(C)C(=O)c1ccc(OC)cc1. The first-order valence-corrected chi connectivity index (χ1v) is 6.52. The van der Waals surface area contributed by atoms with E-state index in [-0.39, 0.29) is 11.0 Å². The van der Waals surface area contributed by atoms with Gasteiger partial charge in [-0.15, -0.1) is 11.8 Å². The molecule has 0 saturated carbocycles. The average Bonchev–Trinajstić information content (AvgIpc) is 2.38. The van der Waals surface area contributed by atoms with Crippen molar-refractivity contribution in [2.24, 2.45) is 0 Å². The minimum atomic E-state index is -0.0430. The van der Waals surface area contributed by atoms with Gasteiger partial charge in [0.1, 0.15) is 5.75 Å². The number of carbonyl (C=O) groups excluding carboxylic acids is 1. The van der Waals surface area contributed by atoms with Gasteiger partial charge >= 0.3 is 0 Å². The zero-order valence-electron chi connectivity index (χ0n) is 10.4. The summed E-state index contributed by atoms with van der Waals surface area (Å²) in [7, 11) is 3.27. The van der Waals surface area contributed by atoms with Gasteiger partial charge in [-0.05, 0) is 31.2 Å². The smallest absolute Gasteiger partial charge is 0.175 e. The van der Waals surface area contributed by atoms with Gasteiger partial charge in [0.25, 0.3) is 0 Å². The summed E-state index contributed by atoms with van der Waals surface area (Å²) in [5, 5.41) is -0.0430. The third-order valence-electron chi connectivity index (χ3n) is 2.40. The van der Waals surface area contributed by atoms with E-state index in [1.54, 1.807) is 50.2 Å². The number of thioether (sulfide) groups is 1. The minimum Gasteiger partial charge on any atom is -0.497 e. The third kappa shape index (κ3) is 4.40. The summed E-state index contributed by atoms with van der Waals surface area (Å²) in [5.74, 6) is 1.74. The highest BCUT2D eigenvalue weighted by molar-refractivity contribution is 8.00. The molecule has 0 spiro atoms. The maximum absolute atomic E-state index is 12.0. The normalized spacial score (nSPS) is 12.2.